The van der Waals surface area contributed by atoms with Crippen molar-refractivity contribution < 1.29 is 0 Å². The Labute approximate surface area is 86.2 Å². The van der Waals surface area contributed by atoms with Gasteiger partial charge in [0, 0.05) is 12.4 Å². The van der Waals surface area contributed by atoms with Gasteiger partial charge in [0.1, 0.15) is 0 Å². The van der Waals surface area contributed by atoms with E-state index in [0.717, 1.165) is 24.3 Å². The summed E-state index contributed by atoms with van der Waals surface area (Å²) < 4.78 is 0. The molecule has 2 heteroatoms. The molecular weight excluding hydrogens is 172 g/mol. The van der Waals surface area contributed by atoms with E-state index < -0.39 is 0 Å². The third-order valence-electron chi connectivity index (χ3n) is 2.29. The minimum atomic E-state index is 1.04. The highest BCUT2D eigenvalue weighted by Gasteiger charge is 2.11. The fourth-order valence-electron chi connectivity index (χ4n) is 1.60. The number of allylic oxidation sites excluding steroid dienone is 1. The van der Waals surface area contributed by atoms with Gasteiger partial charge in [-0.3, -0.25) is 9.98 Å². The first-order valence-corrected chi connectivity index (χ1v) is 5.24. The molecule has 0 N–H and O–H groups in total. The predicted octanol–water partition coefficient (Wildman–Crippen LogP) is 3.51. The average Bonchev–Trinajstić information content (AvgIpc) is 2.41. The first-order valence-electron chi connectivity index (χ1n) is 5.24. The van der Waals surface area contributed by atoms with Crippen LogP contribution < -0.4 is 0 Å². The number of aliphatic imine (C=N–C) groups is 2. The lowest BCUT2D eigenvalue weighted by molar-refractivity contribution is 0.734. The van der Waals surface area contributed by atoms with Crippen LogP contribution in [0, 0.1) is 0 Å². The Hall–Kier alpha value is -1.18. The summed E-state index contributed by atoms with van der Waals surface area (Å²) in [5, 5.41) is 0. The van der Waals surface area contributed by atoms with Crippen molar-refractivity contribution in [3.63, 3.8) is 0 Å². The van der Waals surface area contributed by atoms with Crippen molar-refractivity contribution >= 4 is 11.4 Å². The second kappa shape index (κ2) is 6.30. The minimum Gasteiger partial charge on any atom is -0.260 e. The quantitative estimate of drug-likeness (QED) is 0.595. The summed E-state index contributed by atoms with van der Waals surface area (Å²) in [7, 11) is 0. The molecule has 76 valence electrons. The van der Waals surface area contributed by atoms with Crippen LogP contribution in [-0.2, 0) is 0 Å². The molecule has 0 heterocycles. The first-order chi connectivity index (χ1) is 6.88. The minimum absolute atomic E-state index is 1.04. The highest BCUT2D eigenvalue weighted by molar-refractivity contribution is 6.42. The second-order valence-corrected chi connectivity index (χ2v) is 3.38. The summed E-state index contributed by atoms with van der Waals surface area (Å²) in [4.78, 5) is 8.71. The van der Waals surface area contributed by atoms with Crippen LogP contribution in [0.3, 0.4) is 0 Å². The summed E-state index contributed by atoms with van der Waals surface area (Å²) in [5.41, 5.74) is 2.26. The third-order valence-corrected chi connectivity index (χ3v) is 2.29. The summed E-state index contributed by atoms with van der Waals surface area (Å²) >= 11 is 0. The molecule has 14 heavy (non-hydrogen) atoms. The molecular formula is C12H18N2. The molecule has 0 unspecified atom stereocenters. The van der Waals surface area contributed by atoms with E-state index in [1.54, 1.807) is 6.20 Å². The van der Waals surface area contributed by atoms with Crippen LogP contribution in [0.1, 0.15) is 39.0 Å². The molecule has 0 radical (unpaired) electrons. The molecule has 1 fully saturated rings. The van der Waals surface area contributed by atoms with Gasteiger partial charge in [-0.05, 0) is 32.6 Å². The van der Waals surface area contributed by atoms with Crippen LogP contribution in [0.5, 0.6) is 0 Å². The van der Waals surface area contributed by atoms with E-state index in [4.69, 9.17) is 0 Å². The maximum atomic E-state index is 4.42. The van der Waals surface area contributed by atoms with E-state index in [1.807, 2.05) is 19.2 Å². The lowest BCUT2D eigenvalue weighted by Gasteiger charge is -2.02. The van der Waals surface area contributed by atoms with Crippen LogP contribution in [0.2, 0.25) is 0 Å². The lowest BCUT2D eigenvalue weighted by Crippen LogP contribution is -2.11. The van der Waals surface area contributed by atoms with Crippen molar-refractivity contribution in [2.45, 2.75) is 39.0 Å². The monoisotopic (exact) mass is 190 g/mol. The number of hydrogen-bond acceptors (Lipinski definition) is 2. The lowest BCUT2D eigenvalue weighted by atomic mass is 10.1. The first kappa shape index (κ1) is 10.9. The molecule has 0 bridgehead atoms. The van der Waals surface area contributed by atoms with Gasteiger partial charge in [0.05, 0.1) is 11.4 Å². The molecule has 0 aromatic heterocycles. The Kier molecular flexibility index (Phi) is 4.90. The van der Waals surface area contributed by atoms with E-state index in [2.05, 4.69) is 16.6 Å². The van der Waals surface area contributed by atoms with Gasteiger partial charge in [-0.2, -0.15) is 0 Å². The Morgan fingerprint density at radius 2 is 1.71 bits per heavy atom. The Morgan fingerprint density at radius 3 is 2.29 bits per heavy atom. The van der Waals surface area contributed by atoms with Crippen molar-refractivity contribution in [2.75, 3.05) is 0 Å². The van der Waals surface area contributed by atoms with Gasteiger partial charge in [0.15, 0.2) is 0 Å². The van der Waals surface area contributed by atoms with Crippen LogP contribution in [0.25, 0.3) is 0 Å². The predicted molar refractivity (Wildman–Crippen MR) is 63.0 cm³/mol. The zero-order chi connectivity index (χ0) is 10.2. The van der Waals surface area contributed by atoms with E-state index in [0.29, 0.717) is 0 Å². The van der Waals surface area contributed by atoms with E-state index in [1.165, 1.54) is 19.3 Å². The summed E-state index contributed by atoms with van der Waals surface area (Å²) in [6.07, 6.45) is 11.2. The Balaban J connectivity index is 2.84. The van der Waals surface area contributed by atoms with Crippen molar-refractivity contribution in [1.82, 2.24) is 0 Å². The molecule has 0 spiro atoms. The molecule has 0 atom stereocenters. The van der Waals surface area contributed by atoms with Crippen molar-refractivity contribution in [2.24, 2.45) is 9.98 Å². The molecule has 1 rings (SSSR count). The van der Waals surface area contributed by atoms with Crippen molar-refractivity contribution in [3.8, 4) is 0 Å². The third kappa shape index (κ3) is 3.29. The second-order valence-electron chi connectivity index (χ2n) is 3.38. The van der Waals surface area contributed by atoms with Gasteiger partial charge >= 0.3 is 0 Å². The van der Waals surface area contributed by atoms with Crippen LogP contribution in [0.4, 0.5) is 0 Å². The smallest absolute Gasteiger partial charge is 0.0617 e. The van der Waals surface area contributed by atoms with Crippen LogP contribution >= 0.6 is 0 Å². The number of rotatable bonds is 2. The topological polar surface area (TPSA) is 24.7 Å². The van der Waals surface area contributed by atoms with E-state index in [-0.39, 0.29) is 0 Å². The Morgan fingerprint density at radius 1 is 1.07 bits per heavy atom. The SMILES string of the molecule is C=CN=C1CCCCCC1=N/C=C\C. The fourth-order valence-corrected chi connectivity index (χ4v) is 1.60. The summed E-state index contributed by atoms with van der Waals surface area (Å²) in [6.45, 7) is 5.62. The largest absolute Gasteiger partial charge is 0.260 e. The zero-order valence-corrected chi connectivity index (χ0v) is 8.87. The molecule has 1 saturated carbocycles. The van der Waals surface area contributed by atoms with Crippen LogP contribution in [-0.4, -0.2) is 11.4 Å². The fraction of sp³-hybridized carbons (Fsp3) is 0.500. The molecule has 0 saturated heterocycles. The molecule has 1 aliphatic carbocycles. The summed E-state index contributed by atoms with van der Waals surface area (Å²) in [5.74, 6) is 0. The molecule has 2 nitrogen and oxygen atoms in total. The van der Waals surface area contributed by atoms with E-state index >= 15 is 0 Å². The van der Waals surface area contributed by atoms with Gasteiger partial charge < -0.3 is 0 Å². The maximum absolute atomic E-state index is 4.42. The van der Waals surface area contributed by atoms with Crippen LogP contribution in [0.15, 0.2) is 35.0 Å². The van der Waals surface area contributed by atoms with Crippen molar-refractivity contribution in [1.29, 1.82) is 0 Å². The average molecular weight is 190 g/mol. The zero-order valence-electron chi connectivity index (χ0n) is 8.87. The van der Waals surface area contributed by atoms with Gasteiger partial charge in [0.25, 0.3) is 0 Å². The maximum Gasteiger partial charge on any atom is 0.0617 e. The normalized spacial score (nSPS) is 24.4. The van der Waals surface area contributed by atoms with Gasteiger partial charge in [-0.25, -0.2) is 0 Å². The molecule has 0 aliphatic heterocycles. The summed E-state index contributed by atoms with van der Waals surface area (Å²) in [6, 6.07) is 0. The number of hydrogen-bond donors (Lipinski definition) is 0. The van der Waals surface area contributed by atoms with E-state index in [9.17, 15) is 0 Å². The highest BCUT2D eigenvalue weighted by atomic mass is 14.8. The molecule has 0 aromatic carbocycles. The molecule has 0 aromatic rings. The standard InChI is InChI=1S/C12H18N2/c1-3-10-14-12-9-7-5-6-8-11(12)13-4-2/h3-4,10H,2,5-9H2,1H3/b10-3-,13-11?,14-12?. The highest BCUT2D eigenvalue weighted by Crippen LogP contribution is 2.14. The van der Waals surface area contributed by atoms with Gasteiger partial charge in [-0.15, -0.1) is 0 Å². The molecule has 1 aliphatic rings. The number of nitrogens with zero attached hydrogens (tertiary/aromatic N) is 2. The molecule has 0 amide bonds. The van der Waals surface area contributed by atoms with Gasteiger partial charge in [-0.1, -0.05) is 19.1 Å². The van der Waals surface area contributed by atoms with Gasteiger partial charge in [0.2, 0.25) is 0 Å². The van der Waals surface area contributed by atoms with Crippen molar-refractivity contribution in [3.05, 3.63) is 25.1 Å². The Bertz CT molecular complexity index is 272.